The molecule has 5 rings (SSSR count). The van der Waals surface area contributed by atoms with Crippen molar-refractivity contribution in [3.63, 3.8) is 0 Å². The average molecular weight is 364 g/mol. The van der Waals surface area contributed by atoms with Crippen molar-refractivity contribution in [2.75, 3.05) is 24.5 Å². The maximum atomic E-state index is 13.0. The smallest absolute Gasteiger partial charge is 0.227 e. The zero-order valence-corrected chi connectivity index (χ0v) is 15.3. The van der Waals surface area contributed by atoms with E-state index in [0.29, 0.717) is 0 Å². The van der Waals surface area contributed by atoms with E-state index in [0.717, 1.165) is 55.9 Å². The van der Waals surface area contributed by atoms with Gasteiger partial charge in [0, 0.05) is 31.1 Å². The van der Waals surface area contributed by atoms with Crippen LogP contribution in [0.3, 0.4) is 0 Å². The van der Waals surface area contributed by atoms with E-state index < -0.39 is 0 Å². The molecule has 1 saturated heterocycles. The van der Waals surface area contributed by atoms with E-state index in [2.05, 4.69) is 21.3 Å². The summed E-state index contributed by atoms with van der Waals surface area (Å²) in [5.74, 6) is 1.22. The van der Waals surface area contributed by atoms with Crippen LogP contribution in [0.4, 0.5) is 5.82 Å². The van der Waals surface area contributed by atoms with Crippen LogP contribution in [-0.2, 0) is 17.8 Å². The number of rotatable bonds is 2. The van der Waals surface area contributed by atoms with Gasteiger partial charge in [0.15, 0.2) is 0 Å². The summed E-state index contributed by atoms with van der Waals surface area (Å²) in [7, 11) is 0. The first-order valence-corrected chi connectivity index (χ1v) is 9.97. The predicted octanol–water partition coefficient (Wildman–Crippen LogP) is 3.10. The Labute approximate surface area is 156 Å². The maximum absolute atomic E-state index is 13.0. The van der Waals surface area contributed by atoms with E-state index in [1.807, 2.05) is 46.7 Å². The SMILES string of the molecule is O=C(C1CCN(c2cnc3ccccc3n2)C1)N1CCc2sccc2C1. The zero-order chi connectivity index (χ0) is 17.5. The van der Waals surface area contributed by atoms with Gasteiger partial charge in [0.25, 0.3) is 0 Å². The van der Waals surface area contributed by atoms with Gasteiger partial charge in [0.2, 0.25) is 5.91 Å². The van der Waals surface area contributed by atoms with Crippen LogP contribution >= 0.6 is 11.3 Å². The summed E-state index contributed by atoms with van der Waals surface area (Å²) < 4.78 is 0. The summed E-state index contributed by atoms with van der Waals surface area (Å²) in [5, 5.41) is 2.13. The molecule has 132 valence electrons. The van der Waals surface area contributed by atoms with Gasteiger partial charge in [-0.25, -0.2) is 4.98 Å². The number of aromatic nitrogens is 2. The van der Waals surface area contributed by atoms with Crippen LogP contribution in [0, 0.1) is 5.92 Å². The van der Waals surface area contributed by atoms with Gasteiger partial charge >= 0.3 is 0 Å². The van der Waals surface area contributed by atoms with Gasteiger partial charge in [-0.05, 0) is 42.0 Å². The zero-order valence-electron chi connectivity index (χ0n) is 14.5. The molecule has 2 aliphatic rings. The summed E-state index contributed by atoms with van der Waals surface area (Å²) in [4.78, 5) is 27.9. The van der Waals surface area contributed by atoms with Crippen LogP contribution in [0.2, 0.25) is 0 Å². The van der Waals surface area contributed by atoms with E-state index in [-0.39, 0.29) is 11.8 Å². The standard InChI is InChI=1S/C20H20N4OS/c25-20(24-9-6-18-14(12-24)7-10-26-18)15-5-8-23(13-15)19-11-21-16-3-1-2-4-17(16)22-19/h1-4,7,10-11,15H,5-6,8-9,12-13H2. The molecule has 2 aliphatic heterocycles. The second kappa shape index (κ2) is 6.36. The maximum Gasteiger partial charge on any atom is 0.227 e. The largest absolute Gasteiger partial charge is 0.354 e. The van der Waals surface area contributed by atoms with Crippen LogP contribution in [0.5, 0.6) is 0 Å². The number of amides is 1. The summed E-state index contributed by atoms with van der Waals surface area (Å²) >= 11 is 1.81. The van der Waals surface area contributed by atoms with Crippen molar-refractivity contribution in [2.24, 2.45) is 5.92 Å². The minimum atomic E-state index is 0.0588. The third-order valence-electron chi connectivity index (χ3n) is 5.42. The first-order chi connectivity index (χ1) is 12.8. The van der Waals surface area contributed by atoms with Gasteiger partial charge in [-0.3, -0.25) is 9.78 Å². The monoisotopic (exact) mass is 364 g/mol. The lowest BCUT2D eigenvalue weighted by Gasteiger charge is -2.29. The van der Waals surface area contributed by atoms with E-state index in [1.54, 1.807) is 0 Å². The molecule has 26 heavy (non-hydrogen) atoms. The molecule has 3 aromatic rings. The molecular formula is C20H20N4OS. The molecule has 1 amide bonds. The topological polar surface area (TPSA) is 49.3 Å². The third-order valence-corrected chi connectivity index (χ3v) is 6.44. The number of para-hydroxylation sites is 2. The van der Waals surface area contributed by atoms with Crippen LogP contribution in [-0.4, -0.2) is 40.4 Å². The van der Waals surface area contributed by atoms with Crippen molar-refractivity contribution < 1.29 is 4.79 Å². The Morgan fingerprint density at radius 3 is 2.96 bits per heavy atom. The first kappa shape index (κ1) is 15.8. The quantitative estimate of drug-likeness (QED) is 0.701. The normalized spacial score (nSPS) is 19.8. The Morgan fingerprint density at radius 2 is 2.04 bits per heavy atom. The number of thiophene rings is 1. The fraction of sp³-hybridized carbons (Fsp3) is 0.350. The number of hydrogen-bond acceptors (Lipinski definition) is 5. The van der Waals surface area contributed by atoms with Gasteiger partial charge < -0.3 is 9.80 Å². The van der Waals surface area contributed by atoms with Crippen molar-refractivity contribution in [2.45, 2.75) is 19.4 Å². The molecule has 2 aromatic heterocycles. The molecule has 0 N–H and O–H groups in total. The van der Waals surface area contributed by atoms with Crippen molar-refractivity contribution >= 4 is 34.1 Å². The molecule has 0 radical (unpaired) electrons. The van der Waals surface area contributed by atoms with Gasteiger partial charge in [-0.2, -0.15) is 0 Å². The lowest BCUT2D eigenvalue weighted by Crippen LogP contribution is -2.40. The summed E-state index contributed by atoms with van der Waals surface area (Å²) in [6.45, 7) is 3.21. The minimum absolute atomic E-state index is 0.0588. The number of anilines is 1. The van der Waals surface area contributed by atoms with Gasteiger partial charge in [0.1, 0.15) is 5.82 Å². The van der Waals surface area contributed by atoms with E-state index in [1.165, 1.54) is 10.4 Å². The van der Waals surface area contributed by atoms with Gasteiger partial charge in [-0.1, -0.05) is 12.1 Å². The van der Waals surface area contributed by atoms with E-state index in [4.69, 9.17) is 4.98 Å². The highest BCUT2D eigenvalue weighted by Gasteiger charge is 2.33. The van der Waals surface area contributed by atoms with Crippen molar-refractivity contribution in [3.05, 3.63) is 52.3 Å². The molecule has 1 unspecified atom stereocenters. The highest BCUT2D eigenvalue weighted by molar-refractivity contribution is 7.10. The first-order valence-electron chi connectivity index (χ1n) is 9.09. The molecule has 0 aliphatic carbocycles. The molecule has 5 nitrogen and oxygen atoms in total. The van der Waals surface area contributed by atoms with Crippen LogP contribution in [0.25, 0.3) is 11.0 Å². The highest BCUT2D eigenvalue weighted by atomic mass is 32.1. The number of nitrogens with zero attached hydrogens (tertiary/aromatic N) is 4. The number of carbonyl (C=O) groups excluding carboxylic acids is 1. The van der Waals surface area contributed by atoms with E-state index >= 15 is 0 Å². The lowest BCUT2D eigenvalue weighted by molar-refractivity contribution is -0.135. The second-order valence-electron chi connectivity index (χ2n) is 7.03. The van der Waals surface area contributed by atoms with Crippen molar-refractivity contribution in [1.29, 1.82) is 0 Å². The van der Waals surface area contributed by atoms with Crippen LogP contribution in [0.1, 0.15) is 16.9 Å². The van der Waals surface area contributed by atoms with Gasteiger partial charge in [0.05, 0.1) is 23.1 Å². The Kier molecular flexibility index (Phi) is 3.85. The summed E-state index contributed by atoms with van der Waals surface area (Å²) in [6, 6.07) is 10.1. The molecule has 1 fully saturated rings. The Morgan fingerprint density at radius 1 is 1.15 bits per heavy atom. The molecule has 6 heteroatoms. The molecule has 0 saturated carbocycles. The molecule has 0 spiro atoms. The van der Waals surface area contributed by atoms with Crippen LogP contribution < -0.4 is 4.90 Å². The fourth-order valence-electron chi connectivity index (χ4n) is 3.96. The van der Waals surface area contributed by atoms with Crippen molar-refractivity contribution in [1.82, 2.24) is 14.9 Å². The van der Waals surface area contributed by atoms with Gasteiger partial charge in [-0.15, -0.1) is 11.3 Å². The Bertz CT molecular complexity index is 969. The number of carbonyl (C=O) groups is 1. The number of hydrogen-bond donors (Lipinski definition) is 0. The molecular weight excluding hydrogens is 344 g/mol. The summed E-state index contributed by atoms with van der Waals surface area (Å²) in [5.41, 5.74) is 3.13. The molecule has 1 aromatic carbocycles. The van der Waals surface area contributed by atoms with Crippen LogP contribution in [0.15, 0.2) is 41.9 Å². The predicted molar refractivity (Wildman–Crippen MR) is 103 cm³/mol. The average Bonchev–Trinajstić information content (AvgIpc) is 3.36. The Balaban J connectivity index is 1.30. The minimum Gasteiger partial charge on any atom is -0.354 e. The number of fused-ring (bicyclic) bond motifs is 2. The lowest BCUT2D eigenvalue weighted by atomic mass is 10.0. The second-order valence-corrected chi connectivity index (χ2v) is 8.03. The fourth-order valence-corrected chi connectivity index (χ4v) is 4.85. The number of benzene rings is 1. The van der Waals surface area contributed by atoms with Crippen molar-refractivity contribution in [3.8, 4) is 0 Å². The molecule has 0 bridgehead atoms. The molecule has 4 heterocycles. The third kappa shape index (κ3) is 2.74. The highest BCUT2D eigenvalue weighted by Crippen LogP contribution is 2.28. The summed E-state index contributed by atoms with van der Waals surface area (Å²) in [6.07, 6.45) is 3.71. The van der Waals surface area contributed by atoms with E-state index in [9.17, 15) is 4.79 Å². The Hall–Kier alpha value is -2.47. The molecule has 1 atom stereocenters.